The molecule has 0 unspecified atom stereocenters. The zero-order valence-electron chi connectivity index (χ0n) is 16.4. The summed E-state index contributed by atoms with van der Waals surface area (Å²) < 4.78 is 0. The molecular formula is C23H23N3O3. The van der Waals surface area contributed by atoms with E-state index in [0.717, 1.165) is 33.5 Å². The highest BCUT2D eigenvalue weighted by atomic mass is 16.6. The minimum Gasteiger partial charge on any atom is -0.399 e. The molecule has 6 nitrogen and oxygen atoms in total. The first kappa shape index (κ1) is 20.1. The maximum absolute atomic E-state index is 11.3. The van der Waals surface area contributed by atoms with E-state index in [-0.39, 0.29) is 16.5 Å². The van der Waals surface area contributed by atoms with Crippen LogP contribution in [0.2, 0.25) is 0 Å². The van der Waals surface area contributed by atoms with Gasteiger partial charge in [0.15, 0.2) is 0 Å². The zero-order valence-corrected chi connectivity index (χ0v) is 16.4. The number of carbonyl (C=O) groups excluding carboxylic acids is 1. The Hall–Kier alpha value is -3.67. The zero-order chi connectivity index (χ0) is 21.0. The standard InChI is InChI=1S/C23H23N3O3/c1-15-6-18(14-23(7-15)26(28)29)9-20-10-19(11-21(24)12-20)8-17-4-3-5-22(13-17)25-16(2)27/h3-7,10-14H,8-9,24H2,1-2H3,(H,25,27). The van der Waals surface area contributed by atoms with Crippen molar-refractivity contribution in [2.45, 2.75) is 26.7 Å². The van der Waals surface area contributed by atoms with E-state index in [9.17, 15) is 14.9 Å². The van der Waals surface area contributed by atoms with Crippen LogP contribution >= 0.6 is 0 Å². The molecule has 0 atom stereocenters. The highest BCUT2D eigenvalue weighted by molar-refractivity contribution is 5.88. The first-order valence-corrected chi connectivity index (χ1v) is 9.28. The van der Waals surface area contributed by atoms with E-state index in [1.54, 1.807) is 12.1 Å². The average Bonchev–Trinajstić information content (AvgIpc) is 2.60. The van der Waals surface area contributed by atoms with Gasteiger partial charge in [-0.1, -0.05) is 24.3 Å². The van der Waals surface area contributed by atoms with Crippen LogP contribution in [-0.2, 0) is 17.6 Å². The Labute approximate surface area is 169 Å². The van der Waals surface area contributed by atoms with Crippen LogP contribution in [0, 0.1) is 17.0 Å². The number of hydrogen-bond donors (Lipinski definition) is 2. The molecule has 0 saturated heterocycles. The Morgan fingerprint density at radius 3 is 2.28 bits per heavy atom. The lowest BCUT2D eigenvalue weighted by Crippen LogP contribution is -2.06. The Morgan fingerprint density at radius 2 is 1.62 bits per heavy atom. The minimum atomic E-state index is -0.372. The molecule has 3 aromatic rings. The molecule has 0 bridgehead atoms. The summed E-state index contributed by atoms with van der Waals surface area (Å²) in [6.45, 7) is 3.33. The van der Waals surface area contributed by atoms with Crippen molar-refractivity contribution < 1.29 is 9.72 Å². The molecular weight excluding hydrogens is 366 g/mol. The molecule has 148 valence electrons. The SMILES string of the molecule is CC(=O)Nc1cccc(Cc2cc(N)cc(Cc3cc(C)cc([N+](=O)[O-])c3)c2)c1. The monoisotopic (exact) mass is 389 g/mol. The summed E-state index contributed by atoms with van der Waals surface area (Å²) >= 11 is 0. The van der Waals surface area contributed by atoms with Gasteiger partial charge in [0, 0.05) is 30.4 Å². The number of nitro benzene ring substituents is 1. The lowest BCUT2D eigenvalue weighted by molar-refractivity contribution is -0.385. The number of carbonyl (C=O) groups is 1. The van der Waals surface area contributed by atoms with E-state index < -0.39 is 0 Å². The topological polar surface area (TPSA) is 98.3 Å². The smallest absolute Gasteiger partial charge is 0.269 e. The van der Waals surface area contributed by atoms with Crippen LogP contribution in [0.3, 0.4) is 0 Å². The van der Waals surface area contributed by atoms with Crippen LogP contribution in [0.5, 0.6) is 0 Å². The second kappa shape index (κ2) is 8.56. The summed E-state index contributed by atoms with van der Waals surface area (Å²) in [4.78, 5) is 22.0. The van der Waals surface area contributed by atoms with Crippen LogP contribution < -0.4 is 11.1 Å². The number of amides is 1. The molecule has 0 heterocycles. The third kappa shape index (κ3) is 5.65. The van der Waals surface area contributed by atoms with Crippen LogP contribution in [0.4, 0.5) is 17.1 Å². The molecule has 6 heteroatoms. The number of nitrogens with two attached hydrogens (primary N) is 1. The molecule has 0 aliphatic heterocycles. The summed E-state index contributed by atoms with van der Waals surface area (Å²) in [7, 11) is 0. The van der Waals surface area contributed by atoms with Crippen LogP contribution in [0.1, 0.15) is 34.7 Å². The third-order valence-corrected chi connectivity index (χ3v) is 4.47. The highest BCUT2D eigenvalue weighted by Crippen LogP contribution is 2.23. The minimum absolute atomic E-state index is 0.0962. The lowest BCUT2D eigenvalue weighted by Gasteiger charge is -2.10. The maximum atomic E-state index is 11.3. The molecule has 3 rings (SSSR count). The van der Waals surface area contributed by atoms with Crippen molar-refractivity contribution in [3.05, 3.63) is 98.6 Å². The molecule has 3 aromatic carbocycles. The fourth-order valence-corrected chi connectivity index (χ4v) is 3.48. The van der Waals surface area contributed by atoms with Gasteiger partial charge in [0.25, 0.3) is 5.69 Å². The molecule has 0 fully saturated rings. The molecule has 0 aromatic heterocycles. The van der Waals surface area contributed by atoms with Gasteiger partial charge in [-0.25, -0.2) is 0 Å². The van der Waals surface area contributed by atoms with Gasteiger partial charge in [0.2, 0.25) is 5.91 Å². The second-order valence-corrected chi connectivity index (χ2v) is 7.25. The van der Waals surface area contributed by atoms with Gasteiger partial charge in [0.1, 0.15) is 0 Å². The number of nitrogens with zero attached hydrogens (tertiary/aromatic N) is 1. The van der Waals surface area contributed by atoms with Gasteiger partial charge in [-0.3, -0.25) is 14.9 Å². The summed E-state index contributed by atoms with van der Waals surface area (Å²) in [5.41, 5.74) is 12.4. The lowest BCUT2D eigenvalue weighted by atomic mass is 9.97. The predicted octanol–water partition coefficient (Wildman–Crippen LogP) is 4.63. The quantitative estimate of drug-likeness (QED) is 0.365. The van der Waals surface area contributed by atoms with Gasteiger partial charge in [-0.2, -0.15) is 0 Å². The van der Waals surface area contributed by atoms with E-state index in [1.807, 2.05) is 49.4 Å². The van der Waals surface area contributed by atoms with Crippen LogP contribution in [0.25, 0.3) is 0 Å². The van der Waals surface area contributed by atoms with Crippen LogP contribution in [0.15, 0.2) is 60.7 Å². The van der Waals surface area contributed by atoms with E-state index in [0.29, 0.717) is 18.5 Å². The number of aryl methyl sites for hydroxylation is 1. The number of nitro groups is 1. The fraction of sp³-hybridized carbons (Fsp3) is 0.174. The van der Waals surface area contributed by atoms with Crippen molar-refractivity contribution in [3.8, 4) is 0 Å². The number of nitrogens with one attached hydrogen (secondary N) is 1. The van der Waals surface area contributed by atoms with Gasteiger partial charge >= 0.3 is 0 Å². The second-order valence-electron chi connectivity index (χ2n) is 7.25. The van der Waals surface area contributed by atoms with Gasteiger partial charge in [-0.05, 0) is 71.8 Å². The molecule has 1 amide bonds. The average molecular weight is 389 g/mol. The van der Waals surface area contributed by atoms with Crippen molar-refractivity contribution in [3.63, 3.8) is 0 Å². The number of non-ortho nitro benzene ring substituents is 1. The summed E-state index contributed by atoms with van der Waals surface area (Å²) in [5, 5.41) is 13.9. The first-order chi connectivity index (χ1) is 13.8. The Kier molecular flexibility index (Phi) is 5.93. The molecule has 0 saturated carbocycles. The first-order valence-electron chi connectivity index (χ1n) is 9.28. The Bertz CT molecular complexity index is 1080. The van der Waals surface area contributed by atoms with Crippen molar-refractivity contribution >= 4 is 23.0 Å². The molecule has 0 spiro atoms. The summed E-state index contributed by atoms with van der Waals surface area (Å²) in [6.07, 6.45) is 1.23. The van der Waals surface area contributed by atoms with E-state index in [1.165, 1.54) is 6.92 Å². The number of benzene rings is 3. The highest BCUT2D eigenvalue weighted by Gasteiger charge is 2.10. The van der Waals surface area contributed by atoms with Gasteiger partial charge in [-0.15, -0.1) is 0 Å². The Balaban J connectivity index is 1.84. The maximum Gasteiger partial charge on any atom is 0.269 e. The molecule has 0 aliphatic carbocycles. The van der Waals surface area contributed by atoms with Gasteiger partial charge < -0.3 is 11.1 Å². The van der Waals surface area contributed by atoms with E-state index in [4.69, 9.17) is 5.73 Å². The van der Waals surface area contributed by atoms with Crippen molar-refractivity contribution in [1.29, 1.82) is 0 Å². The molecule has 3 N–H and O–H groups in total. The summed E-state index contributed by atoms with van der Waals surface area (Å²) in [5.74, 6) is -0.111. The number of anilines is 2. The number of rotatable bonds is 6. The number of hydrogen-bond acceptors (Lipinski definition) is 4. The van der Waals surface area contributed by atoms with Crippen molar-refractivity contribution in [2.75, 3.05) is 11.1 Å². The van der Waals surface area contributed by atoms with Crippen molar-refractivity contribution in [2.24, 2.45) is 0 Å². The molecule has 29 heavy (non-hydrogen) atoms. The predicted molar refractivity (Wildman–Crippen MR) is 115 cm³/mol. The normalized spacial score (nSPS) is 10.6. The number of nitrogen functional groups attached to an aromatic ring is 1. The summed E-state index contributed by atoms with van der Waals surface area (Å²) in [6, 6.07) is 18.7. The third-order valence-electron chi connectivity index (χ3n) is 4.47. The van der Waals surface area contributed by atoms with Crippen molar-refractivity contribution in [1.82, 2.24) is 0 Å². The largest absolute Gasteiger partial charge is 0.399 e. The Morgan fingerprint density at radius 1 is 0.966 bits per heavy atom. The fourth-order valence-electron chi connectivity index (χ4n) is 3.48. The molecule has 0 radical (unpaired) electrons. The molecule has 0 aliphatic rings. The van der Waals surface area contributed by atoms with Crippen LogP contribution in [-0.4, -0.2) is 10.8 Å². The van der Waals surface area contributed by atoms with E-state index in [2.05, 4.69) is 11.4 Å². The van der Waals surface area contributed by atoms with E-state index >= 15 is 0 Å². The van der Waals surface area contributed by atoms with Gasteiger partial charge in [0.05, 0.1) is 4.92 Å².